The summed E-state index contributed by atoms with van der Waals surface area (Å²) in [5.74, 6) is -0.650. The minimum Gasteiger partial charge on any atom is -0.458 e. The van der Waals surface area contributed by atoms with E-state index in [2.05, 4.69) is 123 Å². The summed E-state index contributed by atoms with van der Waals surface area (Å²) in [5, 5.41) is 23.7. The molecule has 6 heteroatoms. The van der Waals surface area contributed by atoms with Crippen LogP contribution in [0.4, 0.5) is 0 Å². The van der Waals surface area contributed by atoms with Crippen LogP contribution in [0.1, 0.15) is 239 Å². The molecule has 0 fully saturated rings. The number of allylic oxidation sites excluding steroid dienone is 17. The molecule has 0 spiro atoms. The molecule has 6 nitrogen and oxygen atoms in total. The molecular weight excluding hydrogens is 827 g/mol. The highest BCUT2D eigenvalue weighted by Gasteiger charge is 2.23. The molecule has 382 valence electrons. The molecule has 3 atom stereocenters. The molecule has 0 rings (SSSR count). The lowest BCUT2D eigenvalue weighted by Crippen LogP contribution is -2.46. The summed E-state index contributed by atoms with van der Waals surface area (Å²) in [6.45, 7) is 6.30. The van der Waals surface area contributed by atoms with Crippen molar-refractivity contribution in [1.82, 2.24) is 5.32 Å². The van der Waals surface area contributed by atoms with Gasteiger partial charge < -0.3 is 20.3 Å². The summed E-state index contributed by atoms with van der Waals surface area (Å²) < 4.78 is 5.84. The van der Waals surface area contributed by atoms with Crippen molar-refractivity contribution in [3.8, 4) is 0 Å². The number of aliphatic hydroxyl groups is 2. The fourth-order valence-electron chi connectivity index (χ4n) is 7.67. The van der Waals surface area contributed by atoms with Crippen LogP contribution in [0, 0.1) is 0 Å². The number of aliphatic hydroxyl groups excluding tert-OH is 2. The highest BCUT2D eigenvalue weighted by Crippen LogP contribution is 2.15. The predicted molar refractivity (Wildman–Crippen MR) is 291 cm³/mol. The maximum Gasteiger partial charge on any atom is 0.306 e. The molecule has 0 aromatic heterocycles. The molecule has 0 saturated heterocycles. The zero-order valence-electron chi connectivity index (χ0n) is 43.5. The van der Waals surface area contributed by atoms with Gasteiger partial charge in [-0.15, -0.1) is 0 Å². The monoisotopic (exact) mass is 930 g/mol. The van der Waals surface area contributed by atoms with Gasteiger partial charge in [0.2, 0.25) is 5.91 Å². The molecule has 1 amide bonds. The molecule has 3 unspecified atom stereocenters. The van der Waals surface area contributed by atoms with Crippen molar-refractivity contribution < 1.29 is 24.5 Å². The third-order valence-electron chi connectivity index (χ3n) is 11.8. The van der Waals surface area contributed by atoms with Crippen molar-refractivity contribution in [2.45, 2.75) is 257 Å². The Morgan fingerprint density at radius 3 is 1.30 bits per heavy atom. The standard InChI is InChI=1S/C61H103NO5/c1-4-7-10-13-16-19-22-25-27-29-30-32-34-36-39-42-45-48-51-54-61(66)67-57(52-49-46-43-40-37-35-33-31-28-26-23-20-17-14-11-8-5-2)55-60(65)62-58(56-63)59(64)53-50-47-44-41-38-24-21-18-15-12-9-6-3/h8,11,16-17,19-20,25-28,30,32-33,35,40,43,49,52,57-59,63-64H,4-7,9-10,12-15,18,21-24,29,31,34,36-39,41-42,44-48,50-51,53-56H2,1-3H3,(H,62,65)/b11-8-,19-16-,20-17-,27-25-,28-26-,32-30-,35-33-,43-40-,52-49-. The van der Waals surface area contributed by atoms with Crippen molar-refractivity contribution in [1.29, 1.82) is 0 Å². The number of hydrogen-bond acceptors (Lipinski definition) is 5. The number of esters is 1. The molecule has 0 bridgehead atoms. The van der Waals surface area contributed by atoms with Crippen LogP contribution in [0.2, 0.25) is 0 Å². The average molecular weight is 930 g/mol. The largest absolute Gasteiger partial charge is 0.458 e. The van der Waals surface area contributed by atoms with Gasteiger partial charge in [-0.1, -0.05) is 240 Å². The van der Waals surface area contributed by atoms with E-state index in [0.717, 1.165) is 96.3 Å². The van der Waals surface area contributed by atoms with Crippen LogP contribution in [-0.4, -0.2) is 46.9 Å². The first kappa shape index (κ1) is 63.5. The highest BCUT2D eigenvalue weighted by atomic mass is 16.5. The van der Waals surface area contributed by atoms with Gasteiger partial charge >= 0.3 is 5.97 Å². The second-order valence-corrected chi connectivity index (χ2v) is 18.2. The van der Waals surface area contributed by atoms with Crippen LogP contribution < -0.4 is 5.32 Å². The number of carbonyl (C=O) groups excluding carboxylic acids is 2. The summed E-state index contributed by atoms with van der Waals surface area (Å²) in [5.41, 5.74) is 0. The Bertz CT molecular complexity index is 1370. The first-order valence-corrected chi connectivity index (χ1v) is 27.6. The van der Waals surface area contributed by atoms with Crippen LogP contribution in [-0.2, 0) is 14.3 Å². The van der Waals surface area contributed by atoms with E-state index in [-0.39, 0.29) is 24.9 Å². The zero-order chi connectivity index (χ0) is 48.8. The first-order chi connectivity index (χ1) is 33.0. The smallest absolute Gasteiger partial charge is 0.306 e. The molecule has 0 aromatic carbocycles. The van der Waals surface area contributed by atoms with Gasteiger partial charge in [-0.05, 0) is 96.0 Å². The Balaban J connectivity index is 4.78. The molecular formula is C61H103NO5. The number of carbonyl (C=O) groups is 2. The summed E-state index contributed by atoms with van der Waals surface area (Å²) in [6.07, 6.45) is 73.2. The van der Waals surface area contributed by atoms with Gasteiger partial charge in [0.25, 0.3) is 0 Å². The lowest BCUT2D eigenvalue weighted by molar-refractivity contribution is -0.148. The minimum absolute atomic E-state index is 0.0585. The average Bonchev–Trinajstić information content (AvgIpc) is 3.32. The second kappa shape index (κ2) is 53.5. The highest BCUT2D eigenvalue weighted by molar-refractivity contribution is 5.78. The predicted octanol–water partition coefficient (Wildman–Crippen LogP) is 17.1. The number of nitrogens with one attached hydrogen (secondary N) is 1. The van der Waals surface area contributed by atoms with Crippen molar-refractivity contribution in [2.24, 2.45) is 0 Å². The van der Waals surface area contributed by atoms with Gasteiger partial charge in [-0.25, -0.2) is 0 Å². The van der Waals surface area contributed by atoms with Gasteiger partial charge in [0.05, 0.1) is 25.2 Å². The number of hydrogen-bond donors (Lipinski definition) is 3. The number of rotatable bonds is 48. The van der Waals surface area contributed by atoms with Gasteiger partial charge in [0, 0.05) is 6.42 Å². The third kappa shape index (κ3) is 48.8. The SMILES string of the molecule is CC/C=C\C/C=C\C/C=C\C/C=C\C/C=C\C/C=C\C(CC(=O)NC(CO)C(O)CCCCCCCCCCCCCC)OC(=O)CCCCCCCC/C=C\C/C=C\C/C=C\CCCCC. The van der Waals surface area contributed by atoms with E-state index in [4.69, 9.17) is 4.74 Å². The van der Waals surface area contributed by atoms with Gasteiger partial charge in [0.1, 0.15) is 6.10 Å². The first-order valence-electron chi connectivity index (χ1n) is 27.6. The lowest BCUT2D eigenvalue weighted by atomic mass is 10.0. The maximum absolute atomic E-state index is 13.2. The van der Waals surface area contributed by atoms with Crippen LogP contribution in [0.5, 0.6) is 0 Å². The minimum atomic E-state index is -0.828. The van der Waals surface area contributed by atoms with Crippen molar-refractivity contribution in [3.63, 3.8) is 0 Å². The molecule has 0 saturated carbocycles. The van der Waals surface area contributed by atoms with Gasteiger partial charge in [0.15, 0.2) is 0 Å². The molecule has 0 aromatic rings. The Kier molecular flexibility index (Phi) is 50.7. The van der Waals surface area contributed by atoms with Crippen LogP contribution in [0.25, 0.3) is 0 Å². The van der Waals surface area contributed by atoms with Crippen LogP contribution in [0.15, 0.2) is 109 Å². The number of amides is 1. The normalized spacial score (nSPS) is 14.0. The molecule has 0 aliphatic carbocycles. The summed E-state index contributed by atoms with van der Waals surface area (Å²) >= 11 is 0. The van der Waals surface area contributed by atoms with E-state index < -0.39 is 18.2 Å². The number of ether oxygens (including phenoxy) is 1. The van der Waals surface area contributed by atoms with Crippen molar-refractivity contribution in [2.75, 3.05) is 6.61 Å². The molecule has 0 aliphatic rings. The fraction of sp³-hybridized carbons (Fsp3) is 0.672. The van der Waals surface area contributed by atoms with Crippen molar-refractivity contribution in [3.05, 3.63) is 109 Å². The summed E-state index contributed by atoms with van der Waals surface area (Å²) in [4.78, 5) is 26.2. The Labute approximate surface area is 413 Å². The van der Waals surface area contributed by atoms with E-state index in [0.29, 0.717) is 19.3 Å². The molecule has 67 heavy (non-hydrogen) atoms. The molecule has 0 aliphatic heterocycles. The van der Waals surface area contributed by atoms with Crippen LogP contribution >= 0.6 is 0 Å². The molecule has 0 heterocycles. The van der Waals surface area contributed by atoms with Crippen LogP contribution in [0.3, 0.4) is 0 Å². The van der Waals surface area contributed by atoms with Gasteiger partial charge in [-0.3, -0.25) is 9.59 Å². The maximum atomic E-state index is 13.2. The van der Waals surface area contributed by atoms with E-state index in [1.165, 1.54) is 96.3 Å². The molecule has 3 N–H and O–H groups in total. The Morgan fingerprint density at radius 1 is 0.463 bits per heavy atom. The summed E-state index contributed by atoms with van der Waals surface area (Å²) in [6, 6.07) is -0.752. The summed E-state index contributed by atoms with van der Waals surface area (Å²) in [7, 11) is 0. The second-order valence-electron chi connectivity index (χ2n) is 18.2. The van der Waals surface area contributed by atoms with Gasteiger partial charge in [-0.2, -0.15) is 0 Å². The van der Waals surface area contributed by atoms with E-state index in [1.54, 1.807) is 6.08 Å². The van der Waals surface area contributed by atoms with E-state index >= 15 is 0 Å². The molecule has 0 radical (unpaired) electrons. The van der Waals surface area contributed by atoms with E-state index in [1.807, 2.05) is 6.08 Å². The Hall–Kier alpha value is -3.48. The Morgan fingerprint density at radius 2 is 0.836 bits per heavy atom. The van der Waals surface area contributed by atoms with E-state index in [9.17, 15) is 19.8 Å². The number of unbranched alkanes of at least 4 members (excludes halogenated alkanes) is 20. The third-order valence-corrected chi connectivity index (χ3v) is 11.8. The van der Waals surface area contributed by atoms with Crippen molar-refractivity contribution >= 4 is 11.9 Å². The zero-order valence-corrected chi connectivity index (χ0v) is 43.5. The topological polar surface area (TPSA) is 95.9 Å². The fourth-order valence-corrected chi connectivity index (χ4v) is 7.67. The quantitative estimate of drug-likeness (QED) is 0.0321. The lowest BCUT2D eigenvalue weighted by Gasteiger charge is -2.23.